The van der Waals surface area contributed by atoms with E-state index in [1.165, 1.54) is 12.2 Å². The lowest BCUT2D eigenvalue weighted by molar-refractivity contribution is 1.14. The van der Waals surface area contributed by atoms with Gasteiger partial charge in [0.15, 0.2) is 0 Å². The molecule has 0 aliphatic carbocycles. The predicted molar refractivity (Wildman–Crippen MR) is 37.3 cm³/mol. The summed E-state index contributed by atoms with van der Waals surface area (Å²) in [5, 5.41) is 8.10. The average molecular weight is 146 g/mol. The van der Waals surface area contributed by atoms with E-state index in [1.807, 2.05) is 6.19 Å². The normalized spacial score (nSPS) is 28.1. The van der Waals surface area contributed by atoms with E-state index in [2.05, 4.69) is 4.36 Å². The zero-order valence-corrected chi connectivity index (χ0v) is 5.97. The van der Waals surface area contributed by atoms with E-state index in [-0.39, 0.29) is 9.72 Å². The van der Waals surface area contributed by atoms with Gasteiger partial charge in [0.1, 0.15) is 0 Å². The number of nitrogens with zero attached hydrogens (tertiary/aromatic N) is 2. The topological polar surface area (TPSA) is 36.1 Å². The first-order chi connectivity index (χ1) is 3.93. The zero-order chi connectivity index (χ0) is 5.82. The highest BCUT2D eigenvalue weighted by molar-refractivity contribution is 8.70. The Labute approximate surface area is 54.8 Å². The lowest BCUT2D eigenvalue weighted by Crippen LogP contribution is -1.77. The largest absolute Gasteiger partial charge is 0.213 e. The van der Waals surface area contributed by atoms with Crippen LogP contribution in [0.4, 0.5) is 0 Å². The van der Waals surface area contributed by atoms with Crippen molar-refractivity contribution in [1.29, 1.82) is 5.26 Å². The summed E-state index contributed by atoms with van der Waals surface area (Å²) in [7, 11) is 1.86. The molecule has 0 amide bonds. The van der Waals surface area contributed by atoms with Gasteiger partial charge in [-0.3, -0.25) is 0 Å². The number of hydrogen-bond acceptors (Lipinski definition) is 3. The molecule has 0 saturated carbocycles. The van der Waals surface area contributed by atoms with E-state index in [0.717, 1.165) is 5.75 Å². The van der Waals surface area contributed by atoms with Crippen molar-refractivity contribution in [2.45, 2.75) is 6.42 Å². The van der Waals surface area contributed by atoms with Crippen molar-refractivity contribution in [1.82, 2.24) is 0 Å². The van der Waals surface area contributed by atoms with Gasteiger partial charge in [-0.15, -0.1) is 4.36 Å². The van der Waals surface area contributed by atoms with Gasteiger partial charge < -0.3 is 0 Å². The Morgan fingerprint density at radius 1 is 1.75 bits per heavy atom. The molecule has 4 heteroatoms. The summed E-state index contributed by atoms with van der Waals surface area (Å²) in [4.78, 5) is 0. The molecule has 1 aliphatic heterocycles. The predicted octanol–water partition coefficient (Wildman–Crippen LogP) is 1.32. The summed E-state index contributed by atoms with van der Waals surface area (Å²) >= 11 is 0. The summed E-state index contributed by atoms with van der Waals surface area (Å²) in [6.45, 7) is 0. The fourth-order valence-corrected chi connectivity index (χ4v) is 3.79. The SMILES string of the molecule is N#CN=S1CCCS1. The molecular weight excluding hydrogens is 140 g/mol. The molecule has 0 N–H and O–H groups in total. The number of nitriles is 1. The minimum absolute atomic E-state index is 0.0532. The molecule has 8 heavy (non-hydrogen) atoms. The number of hydrogen-bond donors (Lipinski definition) is 0. The molecule has 1 saturated heterocycles. The molecule has 1 heterocycles. The second kappa shape index (κ2) is 3.10. The highest BCUT2D eigenvalue weighted by Crippen LogP contribution is 2.20. The van der Waals surface area contributed by atoms with Gasteiger partial charge in [0.05, 0.1) is 0 Å². The van der Waals surface area contributed by atoms with E-state index < -0.39 is 0 Å². The minimum Gasteiger partial charge on any atom is -0.170 e. The van der Waals surface area contributed by atoms with E-state index in [9.17, 15) is 0 Å². The standard InChI is InChI=1S/C4H6N2S2/c5-4-6-8-3-1-2-7-8/h1-3H2. The molecule has 0 aromatic carbocycles. The van der Waals surface area contributed by atoms with Crippen molar-refractivity contribution in [2.24, 2.45) is 4.36 Å². The maximum Gasteiger partial charge on any atom is 0.213 e. The third-order valence-electron chi connectivity index (χ3n) is 0.825. The highest BCUT2D eigenvalue weighted by atomic mass is 33.1. The Morgan fingerprint density at radius 2 is 2.62 bits per heavy atom. The van der Waals surface area contributed by atoms with Crippen LogP contribution in [-0.2, 0) is 9.72 Å². The van der Waals surface area contributed by atoms with Crippen LogP contribution in [0, 0.1) is 11.5 Å². The molecular formula is C4H6N2S2. The van der Waals surface area contributed by atoms with Crippen molar-refractivity contribution < 1.29 is 0 Å². The molecule has 0 spiro atoms. The molecule has 1 atom stereocenters. The van der Waals surface area contributed by atoms with Crippen molar-refractivity contribution in [3.63, 3.8) is 0 Å². The van der Waals surface area contributed by atoms with Crippen LogP contribution in [0.25, 0.3) is 0 Å². The fraction of sp³-hybridized carbons (Fsp3) is 0.750. The van der Waals surface area contributed by atoms with Crippen LogP contribution in [0.3, 0.4) is 0 Å². The first-order valence-corrected chi connectivity index (χ1v) is 5.23. The monoisotopic (exact) mass is 146 g/mol. The van der Waals surface area contributed by atoms with Gasteiger partial charge in [0.2, 0.25) is 6.19 Å². The lowest BCUT2D eigenvalue weighted by atomic mass is 10.6. The van der Waals surface area contributed by atoms with Gasteiger partial charge in [-0.25, -0.2) is 0 Å². The minimum atomic E-state index is 0.0532. The van der Waals surface area contributed by atoms with Gasteiger partial charge >= 0.3 is 0 Å². The second-order valence-corrected chi connectivity index (χ2v) is 5.13. The molecule has 0 aromatic rings. The first kappa shape index (κ1) is 6.12. The summed E-state index contributed by atoms with van der Waals surface area (Å²) in [5.74, 6) is 2.31. The summed E-state index contributed by atoms with van der Waals surface area (Å²) in [6, 6.07) is 0. The second-order valence-electron chi connectivity index (χ2n) is 1.39. The Bertz CT molecular complexity index is 139. The smallest absolute Gasteiger partial charge is 0.170 e. The van der Waals surface area contributed by atoms with Gasteiger partial charge in [0.25, 0.3) is 0 Å². The number of rotatable bonds is 0. The van der Waals surface area contributed by atoms with Crippen molar-refractivity contribution in [3.8, 4) is 6.19 Å². The van der Waals surface area contributed by atoms with Crippen LogP contribution < -0.4 is 0 Å². The molecule has 1 fully saturated rings. The van der Waals surface area contributed by atoms with Gasteiger partial charge in [0, 0.05) is 11.5 Å². The molecule has 0 aromatic heterocycles. The Hall–Kier alpha value is -0.0100. The molecule has 0 bridgehead atoms. The molecule has 1 rings (SSSR count). The van der Waals surface area contributed by atoms with Crippen LogP contribution in [0.1, 0.15) is 6.42 Å². The lowest BCUT2D eigenvalue weighted by Gasteiger charge is -1.84. The first-order valence-electron chi connectivity index (χ1n) is 2.37. The van der Waals surface area contributed by atoms with Crippen LogP contribution >= 0.6 is 10.8 Å². The van der Waals surface area contributed by atoms with E-state index in [0.29, 0.717) is 0 Å². The summed E-state index contributed by atoms with van der Waals surface area (Å²) < 4.78 is 3.72. The van der Waals surface area contributed by atoms with Gasteiger partial charge in [-0.2, -0.15) is 5.26 Å². The molecule has 2 nitrogen and oxygen atoms in total. The average Bonchev–Trinajstić information content (AvgIpc) is 2.19. The van der Waals surface area contributed by atoms with Gasteiger partial charge in [-0.05, 0) is 16.1 Å². The molecule has 1 unspecified atom stereocenters. The Morgan fingerprint density at radius 3 is 3.12 bits per heavy atom. The Kier molecular flexibility index (Phi) is 2.37. The van der Waals surface area contributed by atoms with Crippen molar-refractivity contribution in [2.75, 3.05) is 11.5 Å². The van der Waals surface area contributed by atoms with E-state index in [1.54, 1.807) is 10.8 Å². The zero-order valence-electron chi connectivity index (χ0n) is 4.33. The molecule has 44 valence electrons. The van der Waals surface area contributed by atoms with Gasteiger partial charge in [-0.1, -0.05) is 10.8 Å². The maximum atomic E-state index is 8.10. The Balaban J connectivity index is 2.48. The van der Waals surface area contributed by atoms with Crippen LogP contribution in [0.2, 0.25) is 0 Å². The molecule has 0 radical (unpaired) electrons. The van der Waals surface area contributed by atoms with E-state index in [4.69, 9.17) is 5.26 Å². The highest BCUT2D eigenvalue weighted by Gasteiger charge is 2.05. The quantitative estimate of drug-likeness (QED) is 0.382. The van der Waals surface area contributed by atoms with Crippen molar-refractivity contribution >= 4 is 20.5 Å². The third-order valence-corrected chi connectivity index (χ3v) is 4.52. The van der Waals surface area contributed by atoms with Crippen molar-refractivity contribution in [3.05, 3.63) is 0 Å². The van der Waals surface area contributed by atoms with Crippen LogP contribution in [-0.4, -0.2) is 11.5 Å². The van der Waals surface area contributed by atoms with Crippen LogP contribution in [0.15, 0.2) is 4.36 Å². The van der Waals surface area contributed by atoms with E-state index >= 15 is 0 Å². The maximum absolute atomic E-state index is 8.10. The third kappa shape index (κ3) is 1.49. The fourth-order valence-electron chi connectivity index (χ4n) is 0.514. The summed E-state index contributed by atoms with van der Waals surface area (Å²) in [5.41, 5.74) is 0. The molecule has 1 aliphatic rings. The summed E-state index contributed by atoms with van der Waals surface area (Å²) in [6.07, 6.45) is 3.06. The van der Waals surface area contributed by atoms with Crippen LogP contribution in [0.5, 0.6) is 0 Å².